The Kier molecular flexibility index (Phi) is 3.14. The normalized spacial score (nSPS) is 12.9. The van der Waals surface area contributed by atoms with E-state index in [0.29, 0.717) is 0 Å². The number of alkyl halides is 2. The van der Waals surface area contributed by atoms with Crippen molar-refractivity contribution in [3.8, 4) is 0 Å². The van der Waals surface area contributed by atoms with Gasteiger partial charge in [-0.25, -0.2) is 0 Å². The van der Waals surface area contributed by atoms with E-state index < -0.39 is 12.5 Å². The summed E-state index contributed by atoms with van der Waals surface area (Å²) < 4.78 is 26.1. The van der Waals surface area contributed by atoms with E-state index in [9.17, 15) is 8.78 Å². The molecule has 0 unspecified atom stereocenters. The molecule has 1 N–H and O–H groups in total. The number of halogens is 2. The molecule has 0 amide bonds. The van der Waals surface area contributed by atoms with Crippen molar-refractivity contribution in [2.75, 3.05) is 6.61 Å². The molecule has 0 aliphatic carbocycles. The Labute approximate surface area is 88.7 Å². The van der Waals surface area contributed by atoms with Gasteiger partial charge >= 0.3 is 0 Å². The van der Waals surface area contributed by atoms with Gasteiger partial charge in [0.15, 0.2) is 0 Å². The van der Waals surface area contributed by atoms with Gasteiger partial charge in [-0.2, -0.15) is 8.78 Å². The van der Waals surface area contributed by atoms with Gasteiger partial charge in [-0.1, -0.05) is 45.0 Å². The summed E-state index contributed by atoms with van der Waals surface area (Å²) in [6.45, 7) is 4.91. The van der Waals surface area contributed by atoms with Crippen LogP contribution in [-0.2, 0) is 11.3 Å². The molecule has 1 aromatic rings. The van der Waals surface area contributed by atoms with Gasteiger partial charge in [-0.15, -0.1) is 0 Å². The van der Waals surface area contributed by atoms with Crippen LogP contribution in [0.4, 0.5) is 8.78 Å². The van der Waals surface area contributed by atoms with Gasteiger partial charge in [-0.05, 0) is 11.0 Å². The molecule has 1 rings (SSSR count). The number of hydrogen-bond acceptors (Lipinski definition) is 1. The fourth-order valence-corrected chi connectivity index (χ4v) is 1.31. The molecule has 1 nitrogen and oxygen atoms in total. The SMILES string of the molecule is CC(C)(C)c1ccc(C(F)(F)CO)cc1. The lowest BCUT2D eigenvalue weighted by atomic mass is 9.86. The summed E-state index contributed by atoms with van der Waals surface area (Å²) in [6.07, 6.45) is 0. The first-order chi connectivity index (χ1) is 6.77. The van der Waals surface area contributed by atoms with Crippen LogP contribution < -0.4 is 0 Å². The maximum atomic E-state index is 13.1. The Morgan fingerprint density at radius 1 is 1.00 bits per heavy atom. The van der Waals surface area contributed by atoms with Crippen molar-refractivity contribution in [1.29, 1.82) is 0 Å². The summed E-state index contributed by atoms with van der Waals surface area (Å²) in [5, 5.41) is 8.53. The Morgan fingerprint density at radius 3 is 1.73 bits per heavy atom. The van der Waals surface area contributed by atoms with Gasteiger partial charge in [0.05, 0.1) is 0 Å². The zero-order valence-corrected chi connectivity index (χ0v) is 9.22. The van der Waals surface area contributed by atoms with Crippen molar-refractivity contribution in [3.05, 3.63) is 35.4 Å². The Hall–Kier alpha value is -0.960. The highest BCUT2D eigenvalue weighted by Gasteiger charge is 2.30. The lowest BCUT2D eigenvalue weighted by Gasteiger charge is -2.20. The minimum atomic E-state index is -3.14. The minimum Gasteiger partial charge on any atom is -0.390 e. The second-order valence-electron chi connectivity index (χ2n) is 4.69. The lowest BCUT2D eigenvalue weighted by molar-refractivity contribution is -0.0556. The summed E-state index contributed by atoms with van der Waals surface area (Å²) in [4.78, 5) is 0. The number of aliphatic hydroxyl groups excluding tert-OH is 1. The van der Waals surface area contributed by atoms with Crippen LogP contribution >= 0.6 is 0 Å². The maximum absolute atomic E-state index is 13.1. The monoisotopic (exact) mass is 214 g/mol. The highest BCUT2D eigenvalue weighted by atomic mass is 19.3. The van der Waals surface area contributed by atoms with Crippen LogP contribution in [0.3, 0.4) is 0 Å². The summed E-state index contributed by atoms with van der Waals surface area (Å²) in [5.41, 5.74) is 0.811. The van der Waals surface area contributed by atoms with E-state index in [-0.39, 0.29) is 11.0 Å². The molecule has 15 heavy (non-hydrogen) atoms. The predicted octanol–water partition coefficient (Wildman–Crippen LogP) is 3.07. The second kappa shape index (κ2) is 3.89. The summed E-state index contributed by atoms with van der Waals surface area (Å²) in [5.74, 6) is -3.14. The van der Waals surface area contributed by atoms with Crippen LogP contribution in [0.25, 0.3) is 0 Å². The van der Waals surface area contributed by atoms with Gasteiger partial charge in [0.2, 0.25) is 0 Å². The van der Waals surface area contributed by atoms with E-state index in [4.69, 9.17) is 5.11 Å². The molecule has 0 aliphatic rings. The van der Waals surface area contributed by atoms with Crippen molar-refractivity contribution < 1.29 is 13.9 Å². The molecular weight excluding hydrogens is 198 g/mol. The third-order valence-electron chi connectivity index (χ3n) is 2.37. The summed E-state index contributed by atoms with van der Waals surface area (Å²) in [7, 11) is 0. The first-order valence-corrected chi connectivity index (χ1v) is 4.87. The average molecular weight is 214 g/mol. The van der Waals surface area contributed by atoms with Crippen LogP contribution in [-0.4, -0.2) is 11.7 Å². The van der Waals surface area contributed by atoms with Gasteiger partial charge in [0, 0.05) is 5.56 Å². The maximum Gasteiger partial charge on any atom is 0.295 e. The molecule has 0 radical (unpaired) electrons. The smallest absolute Gasteiger partial charge is 0.295 e. The molecule has 1 aromatic carbocycles. The summed E-state index contributed by atoms with van der Waals surface area (Å²) in [6, 6.07) is 6.10. The van der Waals surface area contributed by atoms with Crippen LogP contribution in [0.5, 0.6) is 0 Å². The number of rotatable bonds is 2. The van der Waals surface area contributed by atoms with Crippen molar-refractivity contribution >= 4 is 0 Å². The van der Waals surface area contributed by atoms with Gasteiger partial charge in [0.1, 0.15) is 6.61 Å². The lowest BCUT2D eigenvalue weighted by Crippen LogP contribution is -2.19. The molecule has 0 bridgehead atoms. The zero-order valence-electron chi connectivity index (χ0n) is 9.22. The zero-order chi connectivity index (χ0) is 11.7. The molecule has 0 saturated carbocycles. The molecular formula is C12H16F2O. The molecule has 0 spiro atoms. The van der Waals surface area contributed by atoms with E-state index in [1.807, 2.05) is 20.8 Å². The van der Waals surface area contributed by atoms with Crippen LogP contribution in [0.1, 0.15) is 31.9 Å². The number of benzene rings is 1. The second-order valence-corrected chi connectivity index (χ2v) is 4.69. The van der Waals surface area contributed by atoms with Gasteiger partial charge in [-0.3, -0.25) is 0 Å². The van der Waals surface area contributed by atoms with Crippen molar-refractivity contribution in [2.45, 2.75) is 32.1 Å². The Morgan fingerprint density at radius 2 is 1.40 bits per heavy atom. The highest BCUT2D eigenvalue weighted by molar-refractivity contribution is 5.29. The van der Waals surface area contributed by atoms with Crippen LogP contribution in [0.15, 0.2) is 24.3 Å². The Bertz CT molecular complexity index is 322. The van der Waals surface area contributed by atoms with E-state index in [2.05, 4.69) is 0 Å². The third-order valence-corrected chi connectivity index (χ3v) is 2.37. The fourth-order valence-electron chi connectivity index (χ4n) is 1.31. The molecule has 0 atom stereocenters. The number of aliphatic hydroxyl groups is 1. The van der Waals surface area contributed by atoms with Crippen molar-refractivity contribution in [1.82, 2.24) is 0 Å². The first-order valence-electron chi connectivity index (χ1n) is 4.87. The molecule has 0 aromatic heterocycles. The quantitative estimate of drug-likeness (QED) is 0.802. The molecule has 0 saturated heterocycles. The molecule has 3 heteroatoms. The van der Waals surface area contributed by atoms with Crippen LogP contribution in [0.2, 0.25) is 0 Å². The van der Waals surface area contributed by atoms with Crippen LogP contribution in [0, 0.1) is 0 Å². The largest absolute Gasteiger partial charge is 0.390 e. The molecule has 0 fully saturated rings. The highest BCUT2D eigenvalue weighted by Crippen LogP contribution is 2.29. The van der Waals surface area contributed by atoms with Gasteiger partial charge in [0.25, 0.3) is 5.92 Å². The average Bonchev–Trinajstić information content (AvgIpc) is 2.17. The molecule has 84 valence electrons. The first kappa shape index (κ1) is 12.1. The Balaban J connectivity index is 3.01. The van der Waals surface area contributed by atoms with E-state index in [1.165, 1.54) is 12.1 Å². The fraction of sp³-hybridized carbons (Fsp3) is 0.500. The predicted molar refractivity (Wildman–Crippen MR) is 56.1 cm³/mol. The van der Waals surface area contributed by atoms with Crippen molar-refractivity contribution in [2.24, 2.45) is 0 Å². The third kappa shape index (κ3) is 2.75. The topological polar surface area (TPSA) is 20.2 Å². The van der Waals surface area contributed by atoms with E-state index in [0.717, 1.165) is 5.56 Å². The molecule has 0 aliphatic heterocycles. The van der Waals surface area contributed by atoms with E-state index in [1.54, 1.807) is 12.1 Å². The summed E-state index contributed by atoms with van der Waals surface area (Å²) >= 11 is 0. The standard InChI is InChI=1S/C12H16F2O/c1-11(2,3)9-4-6-10(7-5-9)12(13,14)8-15/h4-7,15H,8H2,1-3H3. The van der Waals surface area contributed by atoms with Gasteiger partial charge < -0.3 is 5.11 Å². The van der Waals surface area contributed by atoms with Crippen molar-refractivity contribution in [3.63, 3.8) is 0 Å². The number of hydrogen-bond donors (Lipinski definition) is 1. The molecule has 0 heterocycles. The minimum absolute atomic E-state index is 0.0486. The van der Waals surface area contributed by atoms with E-state index >= 15 is 0 Å².